The van der Waals surface area contributed by atoms with Gasteiger partial charge < -0.3 is 0 Å². The third kappa shape index (κ3) is 4.60. The molecule has 0 nitrogen and oxygen atoms in total. The van der Waals surface area contributed by atoms with Gasteiger partial charge in [-0.1, -0.05) is 62.2 Å². The molecule has 0 aliphatic rings. The van der Waals surface area contributed by atoms with Crippen LogP contribution in [0.4, 0.5) is 0 Å². The SMILES string of the molecule is C=CC(CCCC)CC(=C)c1ccc(C)cc1. The van der Waals surface area contributed by atoms with Crippen LogP contribution in [0.5, 0.6) is 0 Å². The first-order chi connectivity index (χ1) is 8.17. The zero-order valence-electron chi connectivity index (χ0n) is 11.2. The molecule has 0 saturated carbocycles. The average molecular weight is 228 g/mol. The summed E-state index contributed by atoms with van der Waals surface area (Å²) in [6.45, 7) is 12.5. The van der Waals surface area contributed by atoms with E-state index in [4.69, 9.17) is 0 Å². The van der Waals surface area contributed by atoms with Crippen LogP contribution in [0.1, 0.15) is 43.7 Å². The molecule has 0 fully saturated rings. The van der Waals surface area contributed by atoms with Crippen molar-refractivity contribution < 1.29 is 0 Å². The topological polar surface area (TPSA) is 0 Å². The molecular weight excluding hydrogens is 204 g/mol. The van der Waals surface area contributed by atoms with Gasteiger partial charge in [-0.3, -0.25) is 0 Å². The Balaban J connectivity index is 2.57. The lowest BCUT2D eigenvalue weighted by Crippen LogP contribution is -1.98. The number of unbranched alkanes of at least 4 members (excludes halogenated alkanes) is 1. The van der Waals surface area contributed by atoms with Gasteiger partial charge in [-0.15, -0.1) is 6.58 Å². The predicted octanol–water partition coefficient (Wildman–Crippen LogP) is 5.39. The van der Waals surface area contributed by atoms with Crippen molar-refractivity contribution in [3.63, 3.8) is 0 Å². The molecule has 1 aromatic rings. The normalized spacial score (nSPS) is 12.1. The fourth-order valence-electron chi connectivity index (χ4n) is 1.99. The van der Waals surface area contributed by atoms with Gasteiger partial charge in [0.2, 0.25) is 0 Å². The monoisotopic (exact) mass is 228 g/mol. The van der Waals surface area contributed by atoms with Gasteiger partial charge in [0, 0.05) is 0 Å². The van der Waals surface area contributed by atoms with Crippen molar-refractivity contribution in [3.05, 3.63) is 54.6 Å². The third-order valence-electron chi connectivity index (χ3n) is 3.23. The molecule has 0 radical (unpaired) electrons. The second kappa shape index (κ2) is 7.11. The summed E-state index contributed by atoms with van der Waals surface area (Å²) in [6.07, 6.45) is 6.87. The van der Waals surface area contributed by atoms with E-state index in [-0.39, 0.29) is 0 Å². The van der Waals surface area contributed by atoms with Crippen LogP contribution < -0.4 is 0 Å². The van der Waals surface area contributed by atoms with Gasteiger partial charge in [0.25, 0.3) is 0 Å². The molecule has 0 aliphatic carbocycles. The van der Waals surface area contributed by atoms with E-state index >= 15 is 0 Å². The van der Waals surface area contributed by atoms with Gasteiger partial charge >= 0.3 is 0 Å². The molecule has 0 saturated heterocycles. The third-order valence-corrected chi connectivity index (χ3v) is 3.23. The van der Waals surface area contributed by atoms with E-state index in [2.05, 4.69) is 57.3 Å². The Morgan fingerprint density at radius 3 is 2.47 bits per heavy atom. The quantitative estimate of drug-likeness (QED) is 0.549. The lowest BCUT2D eigenvalue weighted by molar-refractivity contribution is 0.567. The van der Waals surface area contributed by atoms with Crippen LogP contribution >= 0.6 is 0 Å². The summed E-state index contributed by atoms with van der Waals surface area (Å²) >= 11 is 0. The molecule has 0 amide bonds. The highest BCUT2D eigenvalue weighted by Crippen LogP contribution is 2.25. The van der Waals surface area contributed by atoms with Crippen molar-refractivity contribution in [2.45, 2.75) is 39.5 Å². The van der Waals surface area contributed by atoms with Crippen LogP contribution in [-0.2, 0) is 0 Å². The molecule has 17 heavy (non-hydrogen) atoms. The minimum atomic E-state index is 0.573. The molecule has 0 aliphatic heterocycles. The van der Waals surface area contributed by atoms with Crippen molar-refractivity contribution in [1.29, 1.82) is 0 Å². The molecule has 0 heteroatoms. The summed E-state index contributed by atoms with van der Waals surface area (Å²) in [5.41, 5.74) is 3.79. The number of allylic oxidation sites excluding steroid dienone is 2. The van der Waals surface area contributed by atoms with E-state index in [1.165, 1.54) is 36.0 Å². The second-order valence-corrected chi connectivity index (χ2v) is 4.81. The van der Waals surface area contributed by atoms with Gasteiger partial charge in [0.05, 0.1) is 0 Å². The lowest BCUT2D eigenvalue weighted by Gasteiger charge is -2.14. The fraction of sp³-hybridized carbons (Fsp3) is 0.412. The molecule has 1 aromatic carbocycles. The Labute approximate surface area is 106 Å². The fourth-order valence-corrected chi connectivity index (χ4v) is 1.99. The predicted molar refractivity (Wildman–Crippen MR) is 78.0 cm³/mol. The maximum Gasteiger partial charge on any atom is -0.0196 e. The van der Waals surface area contributed by atoms with Crippen LogP contribution in [0.3, 0.4) is 0 Å². The summed E-state index contributed by atoms with van der Waals surface area (Å²) in [5.74, 6) is 0.573. The van der Waals surface area contributed by atoms with Gasteiger partial charge in [-0.2, -0.15) is 0 Å². The molecule has 92 valence electrons. The van der Waals surface area contributed by atoms with Crippen molar-refractivity contribution in [2.75, 3.05) is 0 Å². The molecule has 0 heterocycles. The molecule has 1 unspecified atom stereocenters. The maximum atomic E-state index is 4.20. The summed E-state index contributed by atoms with van der Waals surface area (Å²) in [7, 11) is 0. The highest BCUT2D eigenvalue weighted by atomic mass is 14.1. The van der Waals surface area contributed by atoms with Crippen LogP contribution in [0, 0.1) is 12.8 Å². The first kappa shape index (κ1) is 13.8. The highest BCUT2D eigenvalue weighted by molar-refractivity contribution is 5.63. The van der Waals surface area contributed by atoms with Crippen LogP contribution in [0.2, 0.25) is 0 Å². The number of aryl methyl sites for hydroxylation is 1. The van der Waals surface area contributed by atoms with Gasteiger partial charge in [0.1, 0.15) is 0 Å². The lowest BCUT2D eigenvalue weighted by atomic mass is 9.91. The summed E-state index contributed by atoms with van der Waals surface area (Å²) in [4.78, 5) is 0. The number of benzene rings is 1. The zero-order valence-corrected chi connectivity index (χ0v) is 11.2. The Hall–Kier alpha value is -1.30. The summed E-state index contributed by atoms with van der Waals surface area (Å²) in [6, 6.07) is 8.63. The Bertz CT molecular complexity index is 356. The van der Waals surface area contributed by atoms with Gasteiger partial charge in [-0.05, 0) is 36.8 Å². The molecule has 0 bridgehead atoms. The molecule has 0 spiro atoms. The number of rotatable bonds is 7. The molecule has 1 atom stereocenters. The average Bonchev–Trinajstić information content (AvgIpc) is 2.35. The van der Waals surface area contributed by atoms with Crippen molar-refractivity contribution in [2.24, 2.45) is 5.92 Å². The summed E-state index contributed by atoms with van der Waals surface area (Å²) < 4.78 is 0. The molecule has 0 N–H and O–H groups in total. The number of hydrogen-bond acceptors (Lipinski definition) is 0. The first-order valence-corrected chi connectivity index (χ1v) is 6.54. The molecule has 0 aromatic heterocycles. The minimum Gasteiger partial charge on any atom is -0.103 e. The smallest absolute Gasteiger partial charge is 0.0196 e. The highest BCUT2D eigenvalue weighted by Gasteiger charge is 2.07. The van der Waals surface area contributed by atoms with Crippen molar-refractivity contribution >= 4 is 5.57 Å². The summed E-state index contributed by atoms with van der Waals surface area (Å²) in [5, 5.41) is 0. The maximum absolute atomic E-state index is 4.20. The standard InChI is InChI=1S/C17H24/c1-5-7-8-16(6-2)13-15(4)17-11-9-14(3)10-12-17/h6,9-12,16H,2,4-5,7-8,13H2,1,3H3. The van der Waals surface area contributed by atoms with Crippen LogP contribution in [-0.4, -0.2) is 0 Å². The van der Waals surface area contributed by atoms with Crippen molar-refractivity contribution in [1.82, 2.24) is 0 Å². The minimum absolute atomic E-state index is 0.573. The van der Waals surface area contributed by atoms with Crippen LogP contribution in [0.25, 0.3) is 5.57 Å². The van der Waals surface area contributed by atoms with E-state index in [1.807, 2.05) is 0 Å². The van der Waals surface area contributed by atoms with E-state index < -0.39 is 0 Å². The Morgan fingerprint density at radius 2 is 1.94 bits per heavy atom. The Morgan fingerprint density at radius 1 is 1.29 bits per heavy atom. The molecular formula is C17H24. The van der Waals surface area contributed by atoms with Crippen molar-refractivity contribution in [3.8, 4) is 0 Å². The number of hydrogen-bond donors (Lipinski definition) is 0. The van der Waals surface area contributed by atoms with Gasteiger partial charge in [0.15, 0.2) is 0 Å². The Kier molecular flexibility index (Phi) is 5.76. The second-order valence-electron chi connectivity index (χ2n) is 4.81. The van der Waals surface area contributed by atoms with Gasteiger partial charge in [-0.25, -0.2) is 0 Å². The van der Waals surface area contributed by atoms with E-state index in [1.54, 1.807) is 0 Å². The van der Waals surface area contributed by atoms with E-state index in [0.717, 1.165) is 6.42 Å². The zero-order chi connectivity index (χ0) is 12.7. The van der Waals surface area contributed by atoms with Crippen LogP contribution in [0.15, 0.2) is 43.5 Å². The largest absolute Gasteiger partial charge is 0.103 e. The first-order valence-electron chi connectivity index (χ1n) is 6.54. The van der Waals surface area contributed by atoms with E-state index in [9.17, 15) is 0 Å². The molecule has 1 rings (SSSR count). The van der Waals surface area contributed by atoms with E-state index in [0.29, 0.717) is 5.92 Å².